The van der Waals surface area contributed by atoms with Gasteiger partial charge < -0.3 is 20.3 Å². The third-order valence-corrected chi connectivity index (χ3v) is 5.45. The maximum Gasteiger partial charge on any atom is 0.409 e. The third-order valence-electron chi connectivity index (χ3n) is 4.31. The zero-order valence-electron chi connectivity index (χ0n) is 16.7. The quantitative estimate of drug-likeness (QED) is 0.350. The highest BCUT2D eigenvalue weighted by atomic mass is 127. The van der Waals surface area contributed by atoms with Gasteiger partial charge in [-0.1, -0.05) is 0 Å². The molecule has 2 rings (SSSR count). The summed E-state index contributed by atoms with van der Waals surface area (Å²) >= 11 is 1.75. The molecule has 2 heterocycles. The Morgan fingerprint density at radius 2 is 2.04 bits per heavy atom. The normalized spacial score (nSPS) is 15.3. The predicted molar refractivity (Wildman–Crippen MR) is 121 cm³/mol. The molecule has 0 aliphatic carbocycles. The summed E-state index contributed by atoms with van der Waals surface area (Å²) in [6, 6.07) is 0.325. The lowest BCUT2D eigenvalue weighted by atomic mass is 10.1. The number of rotatable bonds is 6. The van der Waals surface area contributed by atoms with Gasteiger partial charge in [-0.3, -0.25) is 4.99 Å². The second kappa shape index (κ2) is 12.4. The van der Waals surface area contributed by atoms with Gasteiger partial charge in [0.25, 0.3) is 0 Å². The van der Waals surface area contributed by atoms with Gasteiger partial charge in [0.2, 0.25) is 0 Å². The van der Waals surface area contributed by atoms with Crippen molar-refractivity contribution >= 4 is 47.4 Å². The number of carbonyl (C=O) groups excluding carboxylic acids is 1. The fraction of sp³-hybridized carbons (Fsp3) is 0.722. The molecule has 0 atom stereocenters. The lowest BCUT2D eigenvalue weighted by molar-refractivity contribution is 0.0963. The summed E-state index contributed by atoms with van der Waals surface area (Å²) in [7, 11) is 0. The molecule has 154 valence electrons. The molecule has 1 amide bonds. The van der Waals surface area contributed by atoms with Gasteiger partial charge in [-0.05, 0) is 40.5 Å². The molecule has 27 heavy (non-hydrogen) atoms. The molecule has 2 N–H and O–H groups in total. The topological polar surface area (TPSA) is 78.9 Å². The Balaban J connectivity index is 0.00000364. The first kappa shape index (κ1) is 23.9. The Kier molecular flexibility index (Phi) is 11.0. The number of hydrogen-bond donors (Lipinski definition) is 2. The van der Waals surface area contributed by atoms with Gasteiger partial charge in [0.15, 0.2) is 5.96 Å². The molecular weight excluding hydrogens is 477 g/mol. The molecule has 9 heteroatoms. The number of guanidine groups is 1. The largest absolute Gasteiger partial charge is 0.450 e. The number of nitrogens with zero attached hydrogens (tertiary/aromatic N) is 3. The van der Waals surface area contributed by atoms with Crippen LogP contribution in [-0.4, -0.2) is 60.8 Å². The molecule has 1 aromatic rings. The van der Waals surface area contributed by atoms with Gasteiger partial charge in [0, 0.05) is 43.5 Å². The molecule has 1 aliphatic rings. The second-order valence-corrected chi connectivity index (χ2v) is 7.64. The predicted octanol–water partition coefficient (Wildman–Crippen LogP) is 3.10. The Hall–Kier alpha value is -1.10. The molecule has 1 fully saturated rings. The maximum absolute atomic E-state index is 11.8. The van der Waals surface area contributed by atoms with Gasteiger partial charge in [0.1, 0.15) is 0 Å². The summed E-state index contributed by atoms with van der Waals surface area (Å²) in [5.74, 6) is 0.848. The molecule has 0 aromatic carbocycles. The second-order valence-electron chi connectivity index (χ2n) is 6.36. The highest BCUT2D eigenvalue weighted by Gasteiger charge is 2.24. The van der Waals surface area contributed by atoms with Crippen molar-refractivity contribution in [3.05, 3.63) is 15.6 Å². The van der Waals surface area contributed by atoms with Crippen molar-refractivity contribution in [2.24, 2.45) is 4.99 Å². The molecular formula is C18H32IN5O2S. The number of carbonyl (C=O) groups is 1. The minimum atomic E-state index is -0.207. The van der Waals surface area contributed by atoms with E-state index in [1.165, 1.54) is 4.88 Å². The van der Waals surface area contributed by atoms with Crippen molar-refractivity contribution in [3.8, 4) is 0 Å². The van der Waals surface area contributed by atoms with Gasteiger partial charge in [-0.25, -0.2) is 9.78 Å². The summed E-state index contributed by atoms with van der Waals surface area (Å²) in [6.45, 7) is 11.4. The van der Waals surface area contributed by atoms with Gasteiger partial charge in [-0.15, -0.1) is 35.3 Å². The van der Waals surface area contributed by atoms with Crippen LogP contribution in [0.15, 0.2) is 4.99 Å². The van der Waals surface area contributed by atoms with Gasteiger partial charge in [0.05, 0.1) is 17.3 Å². The SMILES string of the molecule is CCNC(=NCCc1sc(C)nc1C)NC1CCN(C(=O)OCC)CC1.I. The number of thiazole rings is 1. The van der Waals surface area contributed by atoms with E-state index in [4.69, 9.17) is 9.73 Å². The zero-order chi connectivity index (χ0) is 18.9. The van der Waals surface area contributed by atoms with E-state index in [9.17, 15) is 4.79 Å². The van der Waals surface area contributed by atoms with Crippen LogP contribution in [0.1, 0.15) is 42.3 Å². The van der Waals surface area contributed by atoms with Crippen molar-refractivity contribution < 1.29 is 9.53 Å². The Bertz CT molecular complexity index is 615. The number of aryl methyl sites for hydroxylation is 2. The van der Waals surface area contributed by atoms with E-state index in [2.05, 4.69) is 29.5 Å². The number of halogens is 1. The van der Waals surface area contributed by atoms with Crippen molar-refractivity contribution in [2.75, 3.05) is 32.8 Å². The van der Waals surface area contributed by atoms with Crippen LogP contribution in [0.4, 0.5) is 4.79 Å². The smallest absolute Gasteiger partial charge is 0.409 e. The van der Waals surface area contributed by atoms with Crippen LogP contribution in [0.5, 0.6) is 0 Å². The summed E-state index contributed by atoms with van der Waals surface area (Å²) in [6.07, 6.45) is 2.50. The number of nitrogens with one attached hydrogen (secondary N) is 2. The summed E-state index contributed by atoms with van der Waals surface area (Å²) in [4.78, 5) is 24.0. The summed E-state index contributed by atoms with van der Waals surface area (Å²) in [5.41, 5.74) is 1.12. The van der Waals surface area contributed by atoms with Crippen LogP contribution in [0.2, 0.25) is 0 Å². The van der Waals surface area contributed by atoms with Crippen LogP contribution >= 0.6 is 35.3 Å². The van der Waals surface area contributed by atoms with E-state index >= 15 is 0 Å². The highest BCUT2D eigenvalue weighted by Crippen LogP contribution is 2.17. The monoisotopic (exact) mass is 509 g/mol. The molecule has 0 bridgehead atoms. The molecule has 0 spiro atoms. The van der Waals surface area contributed by atoms with Crippen LogP contribution in [-0.2, 0) is 11.2 Å². The number of aromatic nitrogens is 1. The zero-order valence-corrected chi connectivity index (χ0v) is 19.9. The van der Waals surface area contributed by atoms with Gasteiger partial charge in [-0.2, -0.15) is 0 Å². The highest BCUT2D eigenvalue weighted by molar-refractivity contribution is 14.0. The maximum atomic E-state index is 11.8. The summed E-state index contributed by atoms with van der Waals surface area (Å²) < 4.78 is 5.07. The lowest BCUT2D eigenvalue weighted by Gasteiger charge is -2.32. The van der Waals surface area contributed by atoms with Crippen molar-refractivity contribution in [2.45, 2.75) is 53.0 Å². The number of amides is 1. The Morgan fingerprint density at radius 3 is 2.59 bits per heavy atom. The van der Waals surface area contributed by atoms with E-state index in [0.29, 0.717) is 12.6 Å². The van der Waals surface area contributed by atoms with Crippen LogP contribution < -0.4 is 10.6 Å². The van der Waals surface area contributed by atoms with Gasteiger partial charge >= 0.3 is 6.09 Å². The van der Waals surface area contributed by atoms with Crippen molar-refractivity contribution in [1.29, 1.82) is 0 Å². The number of likely N-dealkylation sites (tertiary alicyclic amines) is 1. The fourth-order valence-corrected chi connectivity index (χ4v) is 3.94. The molecule has 0 unspecified atom stereocenters. The molecule has 1 aliphatic heterocycles. The number of hydrogen-bond acceptors (Lipinski definition) is 5. The first-order valence-electron chi connectivity index (χ1n) is 9.42. The van der Waals surface area contributed by atoms with E-state index in [1.54, 1.807) is 16.2 Å². The standard InChI is InChI=1S/C18H31N5O2S.HI/c1-5-19-17(20-10-7-16-13(3)21-14(4)26-16)22-15-8-11-23(12-9-15)18(24)25-6-2;/h15H,5-12H2,1-4H3,(H2,19,20,22);1H. The fourth-order valence-electron chi connectivity index (χ4n) is 3.01. The molecule has 0 saturated carbocycles. The molecule has 1 saturated heterocycles. The van der Waals surface area contributed by atoms with E-state index < -0.39 is 0 Å². The first-order valence-corrected chi connectivity index (χ1v) is 10.2. The average molecular weight is 509 g/mol. The number of aliphatic imine (C=N–C) groups is 1. The molecule has 1 aromatic heterocycles. The Morgan fingerprint density at radius 1 is 1.33 bits per heavy atom. The Labute approximate surface area is 183 Å². The van der Waals surface area contributed by atoms with Crippen molar-refractivity contribution in [3.63, 3.8) is 0 Å². The number of ether oxygens (including phenoxy) is 1. The van der Waals surface area contributed by atoms with E-state index in [0.717, 1.165) is 62.1 Å². The molecule has 0 radical (unpaired) electrons. The molecule has 7 nitrogen and oxygen atoms in total. The number of piperidine rings is 1. The minimum absolute atomic E-state index is 0. The third kappa shape index (κ3) is 7.81. The lowest BCUT2D eigenvalue weighted by Crippen LogP contribution is -2.50. The minimum Gasteiger partial charge on any atom is -0.450 e. The first-order chi connectivity index (χ1) is 12.5. The van der Waals surface area contributed by atoms with Crippen LogP contribution in [0.3, 0.4) is 0 Å². The van der Waals surface area contributed by atoms with E-state index in [-0.39, 0.29) is 30.1 Å². The summed E-state index contributed by atoms with van der Waals surface area (Å²) in [5, 5.41) is 7.93. The van der Waals surface area contributed by atoms with Crippen LogP contribution in [0.25, 0.3) is 0 Å². The van der Waals surface area contributed by atoms with Crippen LogP contribution in [0, 0.1) is 13.8 Å². The van der Waals surface area contributed by atoms with Crippen molar-refractivity contribution in [1.82, 2.24) is 20.5 Å². The van der Waals surface area contributed by atoms with E-state index in [1.807, 2.05) is 13.8 Å². The average Bonchev–Trinajstić information content (AvgIpc) is 2.93.